The highest BCUT2D eigenvalue weighted by Crippen LogP contribution is 2.45. The molecule has 4 aromatic carbocycles. The number of hydrogen-bond acceptors (Lipinski definition) is 13. The molecule has 13 N–H and O–H groups in total. The second-order valence-corrected chi connectivity index (χ2v) is 28.1. The second-order valence-electron chi connectivity index (χ2n) is 24.8. The summed E-state index contributed by atoms with van der Waals surface area (Å²) in [6.07, 6.45) is 7.67. The lowest BCUT2D eigenvalue weighted by atomic mass is 9.94. The van der Waals surface area contributed by atoms with E-state index in [9.17, 15) is 36.0 Å². The number of sulfonamides is 2. The molecule has 486 valence electrons. The Hall–Kier alpha value is -8.16. The zero-order valence-corrected chi connectivity index (χ0v) is 55.0. The number of nitrogens with two attached hydrogens (primary N) is 2. The van der Waals surface area contributed by atoms with Crippen molar-refractivity contribution in [2.24, 2.45) is 21.5 Å². The van der Waals surface area contributed by atoms with Crippen molar-refractivity contribution in [2.45, 2.75) is 173 Å². The molecule has 23 nitrogen and oxygen atoms in total. The molecular formula is C65H89N13O10S2. The molecule has 0 fully saturated rings. The fraction of sp³-hybridized carbons (Fsp3) is 0.477. The monoisotopic (exact) mass is 1280 g/mol. The fourth-order valence-electron chi connectivity index (χ4n) is 12.0. The van der Waals surface area contributed by atoms with Gasteiger partial charge in [0.2, 0.25) is 35.5 Å². The van der Waals surface area contributed by atoms with Crippen molar-refractivity contribution in [2.75, 3.05) is 39.3 Å². The van der Waals surface area contributed by atoms with Gasteiger partial charge in [0.15, 0.2) is 0 Å². The minimum atomic E-state index is -4.13. The number of nitrogens with zero attached hydrogens (tertiary/aromatic N) is 2. The summed E-state index contributed by atoms with van der Waals surface area (Å²) >= 11 is 0. The molecule has 8 rings (SSSR count). The van der Waals surface area contributed by atoms with Gasteiger partial charge in [0.1, 0.15) is 34.8 Å². The third kappa shape index (κ3) is 16.6. The molecule has 0 saturated heterocycles. The van der Waals surface area contributed by atoms with Gasteiger partial charge in [-0.15, -0.1) is 0 Å². The first-order chi connectivity index (χ1) is 42.6. The normalized spacial score (nSPS) is 15.1. The van der Waals surface area contributed by atoms with Gasteiger partial charge in [-0.1, -0.05) is 36.4 Å². The van der Waals surface area contributed by atoms with E-state index in [-0.39, 0.29) is 84.1 Å². The topological polar surface area (TPSA) is 348 Å². The van der Waals surface area contributed by atoms with Crippen LogP contribution >= 0.6 is 0 Å². The molecule has 25 heteroatoms. The van der Waals surface area contributed by atoms with Gasteiger partial charge in [0.25, 0.3) is 20.0 Å². The summed E-state index contributed by atoms with van der Waals surface area (Å²) < 4.78 is 72.4. The Bertz CT molecular complexity index is 3710. The van der Waals surface area contributed by atoms with Crippen LogP contribution in [0.15, 0.2) is 80.7 Å². The number of carbonyl (C=O) groups is 4. The van der Waals surface area contributed by atoms with Crippen molar-refractivity contribution in [1.29, 1.82) is 0 Å². The van der Waals surface area contributed by atoms with Crippen LogP contribution in [0.1, 0.15) is 128 Å². The maximum atomic E-state index is 13.8. The van der Waals surface area contributed by atoms with Crippen molar-refractivity contribution in [3.05, 3.63) is 117 Å². The number of ether oxygens (including phenoxy) is 2. The molecule has 4 heterocycles. The molecule has 6 aromatic rings. The van der Waals surface area contributed by atoms with E-state index in [1.165, 1.54) is 0 Å². The molecule has 0 bridgehead atoms. The number of para-hydroxylation sites is 2. The van der Waals surface area contributed by atoms with Crippen LogP contribution in [-0.2, 0) is 64.9 Å². The molecule has 0 radical (unpaired) electrons. The number of aliphatic imine (C=N–C) groups is 2. The van der Waals surface area contributed by atoms with Crippen molar-refractivity contribution in [1.82, 2.24) is 46.0 Å². The molecule has 2 aliphatic rings. The molecule has 0 unspecified atom stereocenters. The number of H-pyrrole nitrogens is 2. The van der Waals surface area contributed by atoms with Crippen LogP contribution < -0.4 is 57.0 Å². The van der Waals surface area contributed by atoms with Crippen LogP contribution in [0.2, 0.25) is 0 Å². The summed E-state index contributed by atoms with van der Waals surface area (Å²) in [6.45, 7) is 20.6. The third-order valence-corrected chi connectivity index (χ3v) is 20.0. The van der Waals surface area contributed by atoms with Crippen molar-refractivity contribution in [3.63, 3.8) is 0 Å². The molecule has 0 saturated carbocycles. The van der Waals surface area contributed by atoms with Crippen LogP contribution in [0.3, 0.4) is 0 Å². The van der Waals surface area contributed by atoms with Gasteiger partial charge in [0, 0.05) is 84.3 Å². The highest BCUT2D eigenvalue weighted by molar-refractivity contribution is 7.90. The number of benzene rings is 4. The lowest BCUT2D eigenvalue weighted by Crippen LogP contribution is -2.47. The van der Waals surface area contributed by atoms with Gasteiger partial charge < -0.3 is 57.5 Å². The number of fused-ring (bicyclic) bond motifs is 4. The van der Waals surface area contributed by atoms with E-state index in [0.717, 1.165) is 55.2 Å². The molecule has 0 aliphatic carbocycles. The Morgan fingerprint density at radius 2 is 0.933 bits per heavy atom. The standard InChI is InChI=1S/C65H89N13O10S2/c1-38-40(3)58(42(5)48-34-64(7,8)87-56(38)48)89(83,84)77-62(66)71-29-17-24-52(75-54(79)32-44-36-73-50-22-13-11-20-46(44)50)60(81)69-28-16-15-26-68-27-19-31-70-61(82)53(76-55(80)33-45-37-74-51-23-14-12-21-47(45)51)25-18-30-72-63(67)78-90(85,86)59-41(4)39(2)57-49(43(59)6)35-65(9,10)88-57/h11-14,20-23,36-37,52-53,68,73-74H,15-19,24-35H2,1-10H3,(H,69,81)(H,70,82)(H,75,79)(H,76,80)(H3,66,71,77)(H3,67,72,78)/t52-,53-/m1/s1. The molecule has 2 aromatic heterocycles. The second kappa shape index (κ2) is 28.8. The maximum Gasteiger partial charge on any atom is 0.264 e. The smallest absolute Gasteiger partial charge is 0.264 e. The maximum absolute atomic E-state index is 13.8. The number of aromatic amines is 2. The van der Waals surface area contributed by atoms with Crippen LogP contribution in [0.25, 0.3) is 21.8 Å². The lowest BCUT2D eigenvalue weighted by molar-refractivity contribution is -0.128. The number of rotatable bonds is 29. The van der Waals surface area contributed by atoms with E-state index in [2.05, 4.69) is 56.0 Å². The number of carbonyl (C=O) groups excluding carboxylic acids is 4. The molecule has 90 heavy (non-hydrogen) atoms. The van der Waals surface area contributed by atoms with Crippen molar-refractivity contribution >= 4 is 77.4 Å². The Labute approximate surface area is 528 Å². The largest absolute Gasteiger partial charge is 0.487 e. The Morgan fingerprint density at radius 1 is 0.544 bits per heavy atom. The van der Waals surface area contributed by atoms with Crippen LogP contribution in [0.5, 0.6) is 11.5 Å². The van der Waals surface area contributed by atoms with E-state index in [0.29, 0.717) is 105 Å². The SMILES string of the molecule is Cc1c(C)c(S(=O)(=O)NC(N)=NCCC[C@@H](NC(=O)Cc2c[nH]c3ccccc23)C(=O)NCCCCNCCCNC(=O)[C@@H](CCCN=C(N)NS(=O)(=O)c2c(C)c(C)c3c(c2C)CC(C)(C)O3)NC(=O)Cc2c[nH]c3ccccc23)c(C)c2c1OC(C)(C)C2. The van der Waals surface area contributed by atoms with Crippen molar-refractivity contribution < 1.29 is 45.5 Å². The van der Waals surface area contributed by atoms with E-state index in [1.807, 2.05) is 90.1 Å². The number of hydrogen-bond donors (Lipinski definition) is 11. The summed E-state index contributed by atoms with van der Waals surface area (Å²) in [5.41, 5.74) is 20.2. The third-order valence-electron chi connectivity index (χ3n) is 16.7. The van der Waals surface area contributed by atoms with Crippen molar-refractivity contribution in [3.8, 4) is 11.5 Å². The van der Waals surface area contributed by atoms with Gasteiger partial charge in [-0.25, -0.2) is 26.3 Å². The predicted molar refractivity (Wildman–Crippen MR) is 351 cm³/mol. The summed E-state index contributed by atoms with van der Waals surface area (Å²) in [5, 5.41) is 16.9. The number of nitrogens with one attached hydrogen (secondary N) is 9. The van der Waals surface area contributed by atoms with Crippen LogP contribution in [0.4, 0.5) is 0 Å². The quantitative estimate of drug-likeness (QED) is 0.0150. The first-order valence-electron chi connectivity index (χ1n) is 30.8. The van der Waals surface area contributed by atoms with Gasteiger partial charge >= 0.3 is 0 Å². The molecule has 4 amide bonds. The highest BCUT2D eigenvalue weighted by atomic mass is 32.2. The van der Waals surface area contributed by atoms with Gasteiger partial charge in [0.05, 0.1) is 22.6 Å². The van der Waals surface area contributed by atoms with E-state index in [1.54, 1.807) is 40.1 Å². The number of aromatic nitrogens is 2. The van der Waals surface area contributed by atoms with Gasteiger partial charge in [-0.2, -0.15) is 0 Å². The van der Waals surface area contributed by atoms with Gasteiger partial charge in [-0.3, -0.25) is 29.2 Å². The van der Waals surface area contributed by atoms with Gasteiger partial charge in [-0.05, 0) is 184 Å². The number of unbranched alkanes of at least 4 members (excludes halogenated alkanes) is 1. The van der Waals surface area contributed by atoms with E-state index >= 15 is 0 Å². The molecule has 0 spiro atoms. The Morgan fingerprint density at radius 3 is 1.37 bits per heavy atom. The summed E-state index contributed by atoms with van der Waals surface area (Å²) in [5.74, 6) is -0.597. The Kier molecular flexibility index (Phi) is 21.7. The molecule has 2 atom stereocenters. The van der Waals surface area contributed by atoms with E-state index in [4.69, 9.17) is 20.9 Å². The van der Waals surface area contributed by atoms with Crippen LogP contribution in [0, 0.1) is 41.5 Å². The first kappa shape index (κ1) is 67.8. The summed E-state index contributed by atoms with van der Waals surface area (Å²) in [4.78, 5) is 69.6. The molecular weight excluding hydrogens is 1190 g/mol. The predicted octanol–water partition coefficient (Wildman–Crippen LogP) is 5.82. The minimum Gasteiger partial charge on any atom is -0.487 e. The average molecular weight is 1280 g/mol. The number of amides is 4. The summed E-state index contributed by atoms with van der Waals surface area (Å²) in [6, 6.07) is 13.4. The zero-order chi connectivity index (χ0) is 65.3. The zero-order valence-electron chi connectivity index (χ0n) is 53.4. The molecule has 2 aliphatic heterocycles. The fourth-order valence-corrected chi connectivity index (χ4v) is 15.1. The Balaban J connectivity index is 0.791. The summed E-state index contributed by atoms with van der Waals surface area (Å²) in [7, 11) is -8.25. The first-order valence-corrected chi connectivity index (χ1v) is 33.8. The average Bonchev–Trinajstić information content (AvgIpc) is 1.51. The van der Waals surface area contributed by atoms with E-state index < -0.39 is 43.3 Å². The highest BCUT2D eigenvalue weighted by Gasteiger charge is 2.39. The minimum absolute atomic E-state index is 0.0384. The van der Waals surface area contributed by atoms with Crippen LogP contribution in [-0.4, -0.2) is 125 Å². The number of guanidine groups is 2. The lowest BCUT2D eigenvalue weighted by Gasteiger charge is -2.19.